The van der Waals surface area contributed by atoms with Gasteiger partial charge < -0.3 is 23.8 Å². The van der Waals surface area contributed by atoms with Crippen molar-refractivity contribution in [3.63, 3.8) is 0 Å². The van der Waals surface area contributed by atoms with Crippen LogP contribution in [0.5, 0.6) is 17.2 Å². The maximum atomic E-state index is 12.9. The topological polar surface area (TPSA) is 90.4 Å². The van der Waals surface area contributed by atoms with E-state index in [4.69, 9.17) is 18.9 Å². The molecule has 1 aliphatic rings. The molecule has 0 saturated carbocycles. The minimum atomic E-state index is -0.653. The van der Waals surface area contributed by atoms with Gasteiger partial charge in [-0.2, -0.15) is 0 Å². The van der Waals surface area contributed by atoms with Gasteiger partial charge in [-0.3, -0.25) is 9.69 Å². The quantitative estimate of drug-likeness (QED) is 0.337. The number of carbonyl (C=O) groups is 2. The van der Waals surface area contributed by atoms with Gasteiger partial charge in [0.2, 0.25) is 0 Å². The molecule has 9 heteroatoms. The summed E-state index contributed by atoms with van der Waals surface area (Å²) in [7, 11) is 1.56. The van der Waals surface area contributed by atoms with Gasteiger partial charge >= 0.3 is 12.1 Å². The molecule has 9 nitrogen and oxygen atoms in total. The van der Waals surface area contributed by atoms with Crippen LogP contribution in [0, 0.1) is 0 Å². The Morgan fingerprint density at radius 1 is 1.00 bits per heavy atom. The molecule has 4 rings (SSSR count). The van der Waals surface area contributed by atoms with Crippen LogP contribution in [0.4, 0.5) is 10.6 Å². The summed E-state index contributed by atoms with van der Waals surface area (Å²) in [5.74, 6) is 2.19. The number of pyridine rings is 1. The highest BCUT2D eigenvalue weighted by atomic mass is 16.6. The van der Waals surface area contributed by atoms with E-state index in [0.717, 1.165) is 36.5 Å². The van der Waals surface area contributed by atoms with Crippen LogP contribution in [-0.2, 0) is 16.1 Å². The maximum Gasteiger partial charge on any atom is 0.416 e. The summed E-state index contributed by atoms with van der Waals surface area (Å²) >= 11 is 0. The number of anilines is 1. The summed E-state index contributed by atoms with van der Waals surface area (Å²) < 4.78 is 21.7. The minimum Gasteiger partial charge on any atom is -0.497 e. The van der Waals surface area contributed by atoms with E-state index in [1.54, 1.807) is 38.3 Å². The van der Waals surface area contributed by atoms with Crippen molar-refractivity contribution in [3.8, 4) is 17.2 Å². The minimum absolute atomic E-state index is 0.171. The summed E-state index contributed by atoms with van der Waals surface area (Å²) in [5, 5.41) is 0. The van der Waals surface area contributed by atoms with Crippen LogP contribution in [0.3, 0.4) is 0 Å². The third-order valence-corrected chi connectivity index (χ3v) is 6.21. The van der Waals surface area contributed by atoms with Crippen molar-refractivity contribution in [2.24, 2.45) is 0 Å². The Bertz CT molecular complexity index is 1170. The van der Waals surface area contributed by atoms with Gasteiger partial charge in [0, 0.05) is 19.3 Å². The van der Waals surface area contributed by atoms with Crippen molar-refractivity contribution < 1.29 is 28.5 Å². The highest BCUT2D eigenvalue weighted by molar-refractivity contribution is 5.79. The number of hydrogen-bond acceptors (Lipinski definition) is 8. The molecule has 1 aromatic heterocycles. The summed E-state index contributed by atoms with van der Waals surface area (Å²) in [6, 6.07) is 20.3. The van der Waals surface area contributed by atoms with Crippen molar-refractivity contribution in [3.05, 3.63) is 78.5 Å². The molecule has 1 fully saturated rings. The molecule has 2 aromatic carbocycles. The number of carbonyl (C=O) groups excluding carboxylic acids is 2. The highest BCUT2D eigenvalue weighted by Crippen LogP contribution is 2.25. The van der Waals surface area contributed by atoms with Crippen LogP contribution >= 0.6 is 0 Å². The average molecular weight is 520 g/mol. The van der Waals surface area contributed by atoms with E-state index in [-0.39, 0.29) is 25.7 Å². The lowest BCUT2D eigenvalue weighted by molar-refractivity contribution is -0.144. The lowest BCUT2D eigenvalue weighted by Crippen LogP contribution is -2.38. The zero-order valence-electron chi connectivity index (χ0n) is 21.7. The number of hydrogen-bond donors (Lipinski definition) is 0. The number of methoxy groups -OCH3 is 1. The van der Waals surface area contributed by atoms with Crippen molar-refractivity contribution in [1.29, 1.82) is 0 Å². The van der Waals surface area contributed by atoms with Gasteiger partial charge in [-0.15, -0.1) is 0 Å². The number of esters is 1. The zero-order chi connectivity index (χ0) is 26.7. The maximum absolute atomic E-state index is 12.9. The Labute approximate surface area is 222 Å². The van der Waals surface area contributed by atoms with E-state index in [1.807, 2.05) is 48.7 Å². The molecule has 200 valence electrons. The van der Waals surface area contributed by atoms with E-state index in [1.165, 1.54) is 4.90 Å². The Balaban J connectivity index is 1.36. The molecule has 0 aliphatic carbocycles. The van der Waals surface area contributed by atoms with E-state index in [0.29, 0.717) is 18.1 Å². The third kappa shape index (κ3) is 7.38. The molecular formula is C29H33N3O6. The smallest absolute Gasteiger partial charge is 0.416 e. The van der Waals surface area contributed by atoms with Gasteiger partial charge in [-0.25, -0.2) is 9.78 Å². The normalized spacial score (nSPS) is 14.6. The van der Waals surface area contributed by atoms with E-state index < -0.39 is 12.1 Å². The van der Waals surface area contributed by atoms with E-state index in [9.17, 15) is 9.59 Å². The average Bonchev–Trinajstić information content (AvgIpc) is 3.42. The Hall–Kier alpha value is -4.27. The molecule has 1 amide bonds. The number of amides is 1. The molecular weight excluding hydrogens is 486 g/mol. The van der Waals surface area contributed by atoms with Gasteiger partial charge in [0.1, 0.15) is 36.2 Å². The van der Waals surface area contributed by atoms with Crippen molar-refractivity contribution in [2.75, 3.05) is 38.3 Å². The lowest BCUT2D eigenvalue weighted by atomic mass is 10.2. The standard InChI is InChI=1S/C29H33N3O6/c1-3-36-28(33)20-31(29(34)38-26-15-13-24(35-2)14-16-26)19-22-9-11-25(12-10-22)37-21-23-7-6-18-32(23)27-8-4-5-17-30-27/h4-5,8-17,23H,3,6-7,18-21H2,1-2H3. The molecule has 0 N–H and O–H groups in total. The van der Waals surface area contributed by atoms with Crippen LogP contribution in [-0.4, -0.2) is 61.4 Å². The number of benzene rings is 2. The van der Waals surface area contributed by atoms with Crippen LogP contribution in [0.1, 0.15) is 25.3 Å². The molecule has 38 heavy (non-hydrogen) atoms. The van der Waals surface area contributed by atoms with Crippen molar-refractivity contribution >= 4 is 17.9 Å². The Kier molecular flexibility index (Phi) is 9.39. The fraction of sp³-hybridized carbons (Fsp3) is 0.345. The first-order valence-electron chi connectivity index (χ1n) is 12.7. The summed E-state index contributed by atoms with van der Waals surface area (Å²) in [6.45, 7) is 3.41. The molecule has 1 aliphatic heterocycles. The fourth-order valence-electron chi connectivity index (χ4n) is 4.29. The van der Waals surface area contributed by atoms with Crippen LogP contribution in [0.15, 0.2) is 72.9 Å². The monoisotopic (exact) mass is 519 g/mol. The number of nitrogens with zero attached hydrogens (tertiary/aromatic N) is 3. The molecule has 1 unspecified atom stereocenters. The number of ether oxygens (including phenoxy) is 4. The molecule has 0 spiro atoms. The van der Waals surface area contributed by atoms with Gasteiger partial charge in [0.15, 0.2) is 0 Å². The summed E-state index contributed by atoms with van der Waals surface area (Å²) in [6.07, 6.45) is 3.31. The van der Waals surface area contributed by atoms with Crippen molar-refractivity contribution in [2.45, 2.75) is 32.4 Å². The van der Waals surface area contributed by atoms with Crippen LogP contribution in [0.2, 0.25) is 0 Å². The predicted molar refractivity (Wildman–Crippen MR) is 143 cm³/mol. The first kappa shape index (κ1) is 26.8. The number of rotatable bonds is 11. The van der Waals surface area contributed by atoms with Gasteiger partial charge in [-0.05, 0) is 73.9 Å². The van der Waals surface area contributed by atoms with Gasteiger partial charge in [-0.1, -0.05) is 18.2 Å². The van der Waals surface area contributed by atoms with Crippen molar-refractivity contribution in [1.82, 2.24) is 9.88 Å². The first-order chi connectivity index (χ1) is 18.6. The second kappa shape index (κ2) is 13.3. The fourth-order valence-corrected chi connectivity index (χ4v) is 4.29. The SMILES string of the molecule is CCOC(=O)CN(Cc1ccc(OCC2CCCN2c2ccccn2)cc1)C(=O)Oc1ccc(OC)cc1. The molecule has 3 aromatic rings. The second-order valence-electron chi connectivity index (χ2n) is 8.84. The third-order valence-electron chi connectivity index (χ3n) is 6.21. The Morgan fingerprint density at radius 2 is 1.74 bits per heavy atom. The van der Waals surface area contributed by atoms with E-state index >= 15 is 0 Å². The zero-order valence-corrected chi connectivity index (χ0v) is 21.7. The molecule has 0 radical (unpaired) electrons. The van der Waals surface area contributed by atoms with Gasteiger partial charge in [0.25, 0.3) is 0 Å². The molecule has 2 heterocycles. The lowest BCUT2D eigenvalue weighted by Gasteiger charge is -2.25. The van der Waals surface area contributed by atoms with E-state index in [2.05, 4.69) is 9.88 Å². The molecule has 1 atom stereocenters. The predicted octanol–water partition coefficient (Wildman–Crippen LogP) is 4.70. The number of aromatic nitrogens is 1. The van der Waals surface area contributed by atoms with Gasteiger partial charge in [0.05, 0.1) is 19.8 Å². The van der Waals surface area contributed by atoms with Crippen LogP contribution < -0.4 is 19.1 Å². The largest absolute Gasteiger partial charge is 0.497 e. The molecule has 1 saturated heterocycles. The van der Waals surface area contributed by atoms with Crippen LogP contribution in [0.25, 0.3) is 0 Å². The Morgan fingerprint density at radius 3 is 2.42 bits per heavy atom. The summed E-state index contributed by atoms with van der Waals surface area (Å²) in [4.78, 5) is 33.1. The second-order valence-corrected chi connectivity index (χ2v) is 8.84. The molecule has 0 bridgehead atoms. The first-order valence-corrected chi connectivity index (χ1v) is 12.7. The highest BCUT2D eigenvalue weighted by Gasteiger charge is 2.26. The summed E-state index contributed by atoms with van der Waals surface area (Å²) in [5.41, 5.74) is 0.823.